The Bertz CT molecular complexity index is 263. The average Bonchev–Trinajstić information content (AvgIpc) is 2.45. The predicted octanol–water partition coefficient (Wildman–Crippen LogP) is 1.67. The van der Waals surface area contributed by atoms with Gasteiger partial charge in [-0.25, -0.2) is 0 Å². The summed E-state index contributed by atoms with van der Waals surface area (Å²) >= 11 is 0. The number of nitrogens with zero attached hydrogens (tertiary/aromatic N) is 4. The molecule has 1 atom stereocenters. The Labute approximate surface area is 88.8 Å². The Morgan fingerprint density at radius 2 is 2.40 bits per heavy atom. The molecule has 1 heterocycles. The van der Waals surface area contributed by atoms with E-state index in [1.165, 1.54) is 7.11 Å². The van der Waals surface area contributed by atoms with Gasteiger partial charge >= 0.3 is 0 Å². The maximum absolute atomic E-state index is 11.7. The summed E-state index contributed by atoms with van der Waals surface area (Å²) in [5, 5.41) is 3.44. The monoisotopic (exact) mass is 212 g/mol. The third kappa shape index (κ3) is 3.42. The van der Waals surface area contributed by atoms with E-state index in [9.17, 15) is 4.79 Å². The van der Waals surface area contributed by atoms with E-state index in [0.717, 1.165) is 19.3 Å². The lowest BCUT2D eigenvalue weighted by atomic mass is 10.2. The smallest absolute Gasteiger partial charge is 0.224 e. The van der Waals surface area contributed by atoms with Gasteiger partial charge in [-0.15, -0.1) is 0 Å². The minimum Gasteiger partial charge on any atom is -0.361 e. The number of hydrogen-bond donors (Lipinski definition) is 0. The van der Waals surface area contributed by atoms with Gasteiger partial charge in [-0.1, -0.05) is 11.5 Å². The van der Waals surface area contributed by atoms with Crippen molar-refractivity contribution in [1.29, 1.82) is 0 Å². The van der Waals surface area contributed by atoms with Crippen LogP contribution in [0.15, 0.2) is 5.11 Å². The average molecular weight is 212 g/mol. The molecule has 84 valence electrons. The molecule has 1 unspecified atom stereocenters. The van der Waals surface area contributed by atoms with Crippen molar-refractivity contribution in [3.05, 3.63) is 10.4 Å². The second kappa shape index (κ2) is 6.27. The fourth-order valence-electron chi connectivity index (χ4n) is 1.71. The molecule has 1 rings (SSSR count). The van der Waals surface area contributed by atoms with Crippen LogP contribution in [-0.4, -0.2) is 37.2 Å². The molecule has 1 fully saturated rings. The number of carbonyl (C=O) groups excluding carboxylic acids is 1. The van der Waals surface area contributed by atoms with Crippen molar-refractivity contribution in [3.63, 3.8) is 0 Å². The summed E-state index contributed by atoms with van der Waals surface area (Å²) in [5.41, 5.74) is 8.23. The van der Waals surface area contributed by atoms with Crippen LogP contribution in [0, 0.1) is 0 Å². The normalized spacial score (nSPS) is 19.3. The zero-order valence-corrected chi connectivity index (χ0v) is 8.93. The predicted molar refractivity (Wildman–Crippen MR) is 55.0 cm³/mol. The van der Waals surface area contributed by atoms with Gasteiger partial charge in [0.25, 0.3) is 0 Å². The lowest BCUT2D eigenvalue weighted by molar-refractivity contribution is -0.142. The topological polar surface area (TPSA) is 78.3 Å². The van der Waals surface area contributed by atoms with Crippen molar-refractivity contribution in [2.24, 2.45) is 5.11 Å². The minimum absolute atomic E-state index is 0.0903. The third-order valence-corrected chi connectivity index (χ3v) is 2.53. The van der Waals surface area contributed by atoms with E-state index in [1.54, 1.807) is 4.90 Å². The zero-order valence-electron chi connectivity index (χ0n) is 8.93. The molecule has 0 saturated carbocycles. The molecule has 0 N–H and O–H groups in total. The van der Waals surface area contributed by atoms with E-state index < -0.39 is 6.23 Å². The van der Waals surface area contributed by atoms with Crippen LogP contribution in [0.1, 0.15) is 25.7 Å². The standard InChI is InChI=1S/C9H16N4O2/c1-15-9(7-11-12-10)13-6-4-2-3-5-8(13)14/h9H,2-7H2,1H3. The highest BCUT2D eigenvalue weighted by molar-refractivity contribution is 5.76. The molecule has 1 amide bonds. The van der Waals surface area contributed by atoms with Gasteiger partial charge in [0.05, 0.1) is 6.54 Å². The van der Waals surface area contributed by atoms with Gasteiger partial charge in [0.2, 0.25) is 5.91 Å². The van der Waals surface area contributed by atoms with Crippen molar-refractivity contribution in [1.82, 2.24) is 4.90 Å². The molecule has 0 aliphatic carbocycles. The molecule has 1 saturated heterocycles. The van der Waals surface area contributed by atoms with Crippen LogP contribution in [0.25, 0.3) is 10.4 Å². The van der Waals surface area contributed by atoms with Crippen LogP contribution in [0.5, 0.6) is 0 Å². The Morgan fingerprint density at radius 1 is 1.60 bits per heavy atom. The second-order valence-electron chi connectivity index (χ2n) is 3.50. The molecule has 0 radical (unpaired) electrons. The lowest BCUT2D eigenvalue weighted by Gasteiger charge is -2.28. The molecule has 0 aromatic heterocycles. The zero-order chi connectivity index (χ0) is 11.1. The largest absolute Gasteiger partial charge is 0.361 e. The summed E-state index contributed by atoms with van der Waals surface area (Å²) in [5.74, 6) is 0.0903. The number of azide groups is 1. The van der Waals surface area contributed by atoms with Gasteiger partial charge < -0.3 is 9.64 Å². The van der Waals surface area contributed by atoms with E-state index in [4.69, 9.17) is 10.3 Å². The Kier molecular flexibility index (Phi) is 4.93. The molecule has 0 aromatic rings. The number of methoxy groups -OCH3 is 1. The fourth-order valence-corrected chi connectivity index (χ4v) is 1.71. The highest BCUT2D eigenvalue weighted by Crippen LogP contribution is 2.14. The maximum Gasteiger partial charge on any atom is 0.224 e. The van der Waals surface area contributed by atoms with Gasteiger partial charge in [0.1, 0.15) is 6.23 Å². The first kappa shape index (κ1) is 11.8. The van der Waals surface area contributed by atoms with E-state index in [0.29, 0.717) is 13.0 Å². The number of rotatable bonds is 4. The van der Waals surface area contributed by atoms with Crippen molar-refractivity contribution in [3.8, 4) is 0 Å². The number of amides is 1. The minimum atomic E-state index is -0.411. The van der Waals surface area contributed by atoms with Crippen LogP contribution in [-0.2, 0) is 9.53 Å². The maximum atomic E-state index is 11.7. The van der Waals surface area contributed by atoms with Crippen LogP contribution in [0.2, 0.25) is 0 Å². The van der Waals surface area contributed by atoms with Gasteiger partial charge in [-0.2, -0.15) is 0 Å². The second-order valence-corrected chi connectivity index (χ2v) is 3.50. The van der Waals surface area contributed by atoms with E-state index in [2.05, 4.69) is 10.0 Å². The molecule has 6 heteroatoms. The summed E-state index contributed by atoms with van der Waals surface area (Å²) < 4.78 is 5.16. The summed E-state index contributed by atoms with van der Waals surface area (Å²) in [7, 11) is 1.52. The molecular formula is C9H16N4O2. The van der Waals surface area contributed by atoms with Gasteiger partial charge in [-0.05, 0) is 18.4 Å². The quantitative estimate of drug-likeness (QED) is 0.403. The van der Waals surface area contributed by atoms with E-state index in [-0.39, 0.29) is 12.5 Å². The summed E-state index contributed by atoms with van der Waals surface area (Å²) in [6, 6.07) is 0. The fraction of sp³-hybridized carbons (Fsp3) is 0.889. The Morgan fingerprint density at radius 3 is 3.07 bits per heavy atom. The molecular weight excluding hydrogens is 196 g/mol. The SMILES string of the molecule is COC(CN=[N+]=[N-])N1CCCCCC1=O. The molecule has 1 aliphatic heterocycles. The highest BCUT2D eigenvalue weighted by Gasteiger charge is 2.23. The Hall–Kier alpha value is -1.26. The third-order valence-electron chi connectivity index (χ3n) is 2.53. The molecule has 1 aliphatic rings. The first-order valence-electron chi connectivity index (χ1n) is 5.12. The first-order valence-corrected chi connectivity index (χ1v) is 5.12. The van der Waals surface area contributed by atoms with Crippen LogP contribution >= 0.6 is 0 Å². The molecule has 15 heavy (non-hydrogen) atoms. The molecule has 0 spiro atoms. The van der Waals surface area contributed by atoms with Gasteiger partial charge in [-0.3, -0.25) is 4.79 Å². The van der Waals surface area contributed by atoms with Gasteiger partial charge in [0, 0.05) is 25.0 Å². The number of hydrogen-bond acceptors (Lipinski definition) is 3. The number of likely N-dealkylation sites (tertiary alicyclic amines) is 1. The first-order chi connectivity index (χ1) is 7.29. The molecule has 0 aromatic carbocycles. The van der Waals surface area contributed by atoms with Gasteiger partial charge in [0.15, 0.2) is 0 Å². The van der Waals surface area contributed by atoms with E-state index >= 15 is 0 Å². The van der Waals surface area contributed by atoms with Crippen LogP contribution in [0.4, 0.5) is 0 Å². The number of ether oxygens (including phenoxy) is 1. The summed E-state index contributed by atoms with van der Waals surface area (Å²) in [6.07, 6.45) is 3.15. The van der Waals surface area contributed by atoms with Crippen molar-refractivity contribution in [2.75, 3.05) is 20.2 Å². The highest BCUT2D eigenvalue weighted by atomic mass is 16.5. The molecule has 0 bridgehead atoms. The lowest BCUT2D eigenvalue weighted by Crippen LogP contribution is -2.42. The number of carbonyl (C=O) groups is 1. The van der Waals surface area contributed by atoms with Crippen molar-refractivity contribution in [2.45, 2.75) is 31.9 Å². The summed E-state index contributed by atoms with van der Waals surface area (Å²) in [6.45, 7) is 0.872. The molecule has 6 nitrogen and oxygen atoms in total. The van der Waals surface area contributed by atoms with Crippen LogP contribution < -0.4 is 0 Å². The summed E-state index contributed by atoms with van der Waals surface area (Å²) in [4.78, 5) is 16.0. The van der Waals surface area contributed by atoms with Crippen LogP contribution in [0.3, 0.4) is 0 Å². The van der Waals surface area contributed by atoms with Crippen molar-refractivity contribution >= 4 is 5.91 Å². The van der Waals surface area contributed by atoms with Crippen molar-refractivity contribution < 1.29 is 9.53 Å². The van der Waals surface area contributed by atoms with E-state index in [1.807, 2.05) is 0 Å². The Balaban J connectivity index is 2.62.